The van der Waals surface area contributed by atoms with E-state index in [0.29, 0.717) is 0 Å². The van der Waals surface area contributed by atoms with E-state index in [0.717, 1.165) is 33.0 Å². The van der Waals surface area contributed by atoms with Gasteiger partial charge in [-0.05, 0) is 59.5 Å². The van der Waals surface area contributed by atoms with Gasteiger partial charge < -0.3 is 15.2 Å². The minimum atomic E-state index is -0.688. The lowest BCUT2D eigenvalue weighted by Crippen LogP contribution is -2.46. The highest BCUT2D eigenvalue weighted by molar-refractivity contribution is 6.65. The molecule has 0 unspecified atom stereocenters. The Morgan fingerprint density at radius 3 is 2.96 bits per heavy atom. The number of aromatic nitrogens is 1. The monoisotopic (exact) mass is 343 g/mol. The fraction of sp³-hybridized carbons (Fsp3) is 0.100. The number of carbonyl (C=O) groups excluding carboxylic acids is 1. The van der Waals surface area contributed by atoms with Crippen LogP contribution >= 0.6 is 0 Å². The molecule has 0 saturated carbocycles. The van der Waals surface area contributed by atoms with Crippen LogP contribution in [0, 0.1) is 0 Å². The molecule has 0 spiro atoms. The summed E-state index contributed by atoms with van der Waals surface area (Å²) in [5.74, 6) is -0.0902. The van der Waals surface area contributed by atoms with Crippen molar-refractivity contribution < 1.29 is 9.82 Å². The average molecular weight is 343 g/mol. The SMILES string of the molecule is CN1C=Cc2ccc(CC(=O)Nc3ccc4cnccc4c3)cc2B1O. The second-order valence-electron chi connectivity index (χ2n) is 6.48. The Morgan fingerprint density at radius 1 is 1.19 bits per heavy atom. The van der Waals surface area contributed by atoms with Crippen LogP contribution in [0.2, 0.25) is 0 Å². The van der Waals surface area contributed by atoms with Gasteiger partial charge in [-0.1, -0.05) is 24.3 Å². The number of rotatable bonds is 3. The Bertz CT molecular complexity index is 1020. The van der Waals surface area contributed by atoms with Crippen molar-refractivity contribution >= 4 is 41.0 Å². The number of benzene rings is 2. The minimum Gasteiger partial charge on any atom is -0.429 e. The molecule has 6 heteroatoms. The largest absolute Gasteiger partial charge is 0.449 e. The first-order valence-electron chi connectivity index (χ1n) is 8.45. The molecule has 0 atom stereocenters. The van der Waals surface area contributed by atoms with E-state index in [4.69, 9.17) is 0 Å². The van der Waals surface area contributed by atoms with Crippen LogP contribution in [0.4, 0.5) is 5.69 Å². The lowest BCUT2D eigenvalue weighted by Gasteiger charge is -2.24. The van der Waals surface area contributed by atoms with Crippen molar-refractivity contribution in [3.63, 3.8) is 0 Å². The van der Waals surface area contributed by atoms with Crippen LogP contribution in [0.5, 0.6) is 0 Å². The van der Waals surface area contributed by atoms with E-state index in [1.54, 1.807) is 17.2 Å². The first-order valence-corrected chi connectivity index (χ1v) is 8.45. The van der Waals surface area contributed by atoms with Gasteiger partial charge in [0.05, 0.1) is 6.42 Å². The number of anilines is 1. The smallest absolute Gasteiger partial charge is 0.429 e. The zero-order chi connectivity index (χ0) is 18.1. The van der Waals surface area contributed by atoms with Crippen LogP contribution in [0.25, 0.3) is 16.8 Å². The molecular weight excluding hydrogens is 325 g/mol. The van der Waals surface area contributed by atoms with E-state index in [1.165, 1.54) is 0 Å². The minimum absolute atomic E-state index is 0.0902. The van der Waals surface area contributed by atoms with Crippen molar-refractivity contribution in [3.05, 3.63) is 72.2 Å². The van der Waals surface area contributed by atoms with Crippen molar-refractivity contribution in [2.45, 2.75) is 6.42 Å². The molecule has 128 valence electrons. The third-order valence-corrected chi connectivity index (χ3v) is 4.59. The number of nitrogens with one attached hydrogen (secondary N) is 1. The van der Waals surface area contributed by atoms with Crippen molar-refractivity contribution in [2.75, 3.05) is 12.4 Å². The zero-order valence-corrected chi connectivity index (χ0v) is 14.4. The van der Waals surface area contributed by atoms with E-state index in [1.807, 2.05) is 61.8 Å². The molecule has 0 saturated heterocycles. The van der Waals surface area contributed by atoms with Gasteiger partial charge in [0.2, 0.25) is 5.91 Å². The molecular formula is C20H18BN3O2. The highest BCUT2D eigenvalue weighted by atomic mass is 16.2. The van der Waals surface area contributed by atoms with Gasteiger partial charge in [-0.2, -0.15) is 0 Å². The second kappa shape index (κ2) is 6.65. The molecule has 1 amide bonds. The van der Waals surface area contributed by atoms with Gasteiger partial charge >= 0.3 is 7.05 Å². The normalized spacial score (nSPS) is 13.0. The third-order valence-electron chi connectivity index (χ3n) is 4.59. The van der Waals surface area contributed by atoms with Gasteiger partial charge in [-0.25, -0.2) is 0 Å². The van der Waals surface area contributed by atoms with E-state index in [2.05, 4.69) is 10.3 Å². The van der Waals surface area contributed by atoms with Gasteiger partial charge in [0.1, 0.15) is 0 Å². The van der Waals surface area contributed by atoms with Gasteiger partial charge in [-0.3, -0.25) is 9.78 Å². The lowest BCUT2D eigenvalue weighted by atomic mass is 9.67. The Morgan fingerprint density at radius 2 is 2.08 bits per heavy atom. The molecule has 26 heavy (non-hydrogen) atoms. The maximum Gasteiger partial charge on any atom is 0.449 e. The Kier molecular flexibility index (Phi) is 4.18. The highest BCUT2D eigenvalue weighted by Gasteiger charge is 2.25. The number of nitrogens with zero attached hydrogens (tertiary/aromatic N) is 2. The van der Waals surface area contributed by atoms with Crippen molar-refractivity contribution in [1.29, 1.82) is 0 Å². The van der Waals surface area contributed by atoms with Gasteiger partial charge in [0.15, 0.2) is 0 Å². The van der Waals surface area contributed by atoms with Gasteiger partial charge in [0.25, 0.3) is 0 Å². The number of hydrogen-bond acceptors (Lipinski definition) is 4. The number of hydrogen-bond donors (Lipinski definition) is 2. The van der Waals surface area contributed by atoms with E-state index >= 15 is 0 Å². The van der Waals surface area contributed by atoms with E-state index in [9.17, 15) is 9.82 Å². The molecule has 3 aromatic rings. The van der Waals surface area contributed by atoms with E-state index < -0.39 is 7.05 Å². The summed E-state index contributed by atoms with van der Waals surface area (Å²) < 4.78 is 0. The molecule has 4 rings (SSSR count). The maximum absolute atomic E-state index is 12.4. The maximum atomic E-state index is 12.4. The van der Waals surface area contributed by atoms with Crippen LogP contribution in [0.3, 0.4) is 0 Å². The molecule has 2 aromatic carbocycles. The predicted molar refractivity (Wildman–Crippen MR) is 105 cm³/mol. The quantitative estimate of drug-likeness (QED) is 0.714. The highest BCUT2D eigenvalue weighted by Crippen LogP contribution is 2.18. The summed E-state index contributed by atoms with van der Waals surface area (Å²) in [6.45, 7) is 0. The summed E-state index contributed by atoms with van der Waals surface area (Å²) in [6.07, 6.45) is 7.58. The Balaban J connectivity index is 1.50. The summed E-state index contributed by atoms with van der Waals surface area (Å²) in [5.41, 5.74) is 3.42. The number of amides is 1. The molecule has 1 aliphatic rings. The fourth-order valence-electron chi connectivity index (χ4n) is 3.16. The number of carbonyl (C=O) groups is 1. The molecule has 2 heterocycles. The summed E-state index contributed by atoms with van der Waals surface area (Å²) >= 11 is 0. The first kappa shape index (κ1) is 16.4. The van der Waals surface area contributed by atoms with Gasteiger partial charge in [-0.15, -0.1) is 0 Å². The Labute approximate surface area is 152 Å². The van der Waals surface area contributed by atoms with Crippen molar-refractivity contribution in [3.8, 4) is 0 Å². The summed E-state index contributed by atoms with van der Waals surface area (Å²) in [7, 11) is 1.13. The summed E-state index contributed by atoms with van der Waals surface area (Å²) in [6, 6.07) is 13.4. The standard InChI is InChI=1S/C20H18BN3O2/c1-24-9-7-15-3-2-14(10-19(15)21(24)26)11-20(25)23-18-5-4-17-13-22-8-6-16(17)12-18/h2-10,12-13,26H,11H2,1H3,(H,23,25). The molecule has 1 aliphatic heterocycles. The molecule has 0 radical (unpaired) electrons. The lowest BCUT2D eigenvalue weighted by molar-refractivity contribution is -0.115. The van der Waals surface area contributed by atoms with Gasteiger partial charge in [0, 0.05) is 23.5 Å². The molecule has 0 bridgehead atoms. The van der Waals surface area contributed by atoms with E-state index in [-0.39, 0.29) is 12.3 Å². The van der Waals surface area contributed by atoms with Crippen molar-refractivity contribution in [1.82, 2.24) is 9.79 Å². The third kappa shape index (κ3) is 3.19. The number of pyridine rings is 1. The second-order valence-corrected chi connectivity index (χ2v) is 6.48. The fourth-order valence-corrected chi connectivity index (χ4v) is 3.16. The molecule has 5 nitrogen and oxygen atoms in total. The number of fused-ring (bicyclic) bond motifs is 2. The van der Waals surface area contributed by atoms with Crippen LogP contribution < -0.4 is 10.8 Å². The molecule has 2 N–H and O–H groups in total. The zero-order valence-electron chi connectivity index (χ0n) is 14.4. The van der Waals surface area contributed by atoms with Crippen LogP contribution in [-0.2, 0) is 11.2 Å². The van der Waals surface area contributed by atoms with Crippen LogP contribution in [0.15, 0.2) is 61.1 Å². The van der Waals surface area contributed by atoms with Crippen LogP contribution in [0.1, 0.15) is 11.1 Å². The summed E-state index contributed by atoms with van der Waals surface area (Å²) in [5, 5.41) is 15.3. The molecule has 1 aromatic heterocycles. The first-order chi connectivity index (χ1) is 12.6. The van der Waals surface area contributed by atoms with Crippen LogP contribution in [-0.4, -0.2) is 34.8 Å². The van der Waals surface area contributed by atoms with Crippen molar-refractivity contribution in [2.24, 2.45) is 0 Å². The molecule has 0 aliphatic carbocycles. The topological polar surface area (TPSA) is 65.5 Å². The Hall–Kier alpha value is -3.12. The average Bonchev–Trinajstić information content (AvgIpc) is 2.65. The molecule has 0 fully saturated rings. The summed E-state index contributed by atoms with van der Waals surface area (Å²) in [4.78, 5) is 18.2. The predicted octanol–water partition coefficient (Wildman–Crippen LogP) is 2.02.